The molecule has 2 aliphatic rings. The fourth-order valence-electron chi connectivity index (χ4n) is 3.41. The van der Waals surface area contributed by atoms with Gasteiger partial charge >= 0.3 is 6.03 Å². The number of benzene rings is 1. The Morgan fingerprint density at radius 2 is 1.96 bits per heavy atom. The Bertz CT molecular complexity index is 648. The van der Waals surface area contributed by atoms with Gasteiger partial charge in [-0.1, -0.05) is 35.2 Å². The lowest BCUT2D eigenvalue weighted by Gasteiger charge is -2.25. The highest BCUT2D eigenvalue weighted by molar-refractivity contribution is 9.10. The molecule has 124 valence electrons. The van der Waals surface area contributed by atoms with Crippen molar-refractivity contribution in [2.24, 2.45) is 11.0 Å². The Balaban J connectivity index is 2.12. The van der Waals surface area contributed by atoms with E-state index in [0.717, 1.165) is 39.8 Å². The lowest BCUT2D eigenvalue weighted by Crippen LogP contribution is -2.35. The van der Waals surface area contributed by atoms with Crippen molar-refractivity contribution in [3.63, 3.8) is 0 Å². The number of halogens is 1. The van der Waals surface area contributed by atoms with Gasteiger partial charge < -0.3 is 5.32 Å². The summed E-state index contributed by atoms with van der Waals surface area (Å²) in [4.78, 5) is 12.5. The summed E-state index contributed by atoms with van der Waals surface area (Å²) >= 11 is 3.63. The highest BCUT2D eigenvalue weighted by Crippen LogP contribution is 2.34. The number of carbonyl (C=O) groups is 1. The Hall–Kier alpha value is -1.36. The number of nitrogens with one attached hydrogen (secondary N) is 1. The number of hydrogen-bond acceptors (Lipinski definition) is 2. The Morgan fingerprint density at radius 1 is 1.26 bits per heavy atom. The van der Waals surface area contributed by atoms with E-state index in [2.05, 4.69) is 27.3 Å². The summed E-state index contributed by atoms with van der Waals surface area (Å²) in [5.41, 5.74) is 4.12. The van der Waals surface area contributed by atoms with Gasteiger partial charge in [0.15, 0.2) is 0 Å². The first-order chi connectivity index (χ1) is 11.0. The minimum Gasteiger partial charge on any atom is -0.306 e. The molecule has 0 atom stereocenters. The molecule has 1 aromatic rings. The molecular formula is C18H24BrN3O. The van der Waals surface area contributed by atoms with E-state index in [-0.39, 0.29) is 12.1 Å². The smallest absolute Gasteiger partial charge is 0.306 e. The molecule has 0 radical (unpaired) electrons. The number of amides is 2. The average Bonchev–Trinajstić information content (AvgIpc) is 2.65. The Kier molecular flexibility index (Phi) is 4.76. The first-order valence-corrected chi connectivity index (χ1v) is 9.26. The first-order valence-electron chi connectivity index (χ1n) is 8.46. The van der Waals surface area contributed by atoms with Crippen molar-refractivity contribution in [3.05, 3.63) is 27.7 Å². The third-order valence-electron chi connectivity index (χ3n) is 4.72. The second-order valence-electron chi connectivity index (χ2n) is 6.84. The summed E-state index contributed by atoms with van der Waals surface area (Å²) in [5.74, 6) is 0.436. The van der Waals surface area contributed by atoms with Crippen LogP contribution in [0.3, 0.4) is 0 Å². The van der Waals surface area contributed by atoms with Crippen LogP contribution < -0.4 is 5.32 Å². The molecule has 0 spiro atoms. The maximum Gasteiger partial charge on any atom is 0.342 e. The summed E-state index contributed by atoms with van der Waals surface area (Å²) in [6, 6.07) is 4.04. The van der Waals surface area contributed by atoms with Gasteiger partial charge in [-0.05, 0) is 51.3 Å². The number of hydrazone groups is 1. The second kappa shape index (κ2) is 6.63. The van der Waals surface area contributed by atoms with Crippen molar-refractivity contribution < 1.29 is 4.79 Å². The average molecular weight is 378 g/mol. The number of fused-ring (bicyclic) bond motifs is 1. The molecule has 2 amide bonds. The van der Waals surface area contributed by atoms with E-state index in [9.17, 15) is 4.79 Å². The lowest BCUT2D eigenvalue weighted by atomic mass is 9.82. The molecule has 1 aliphatic heterocycles. The van der Waals surface area contributed by atoms with E-state index in [1.165, 1.54) is 19.3 Å². The number of nitrogens with zero attached hydrogens (tertiary/aromatic N) is 2. The summed E-state index contributed by atoms with van der Waals surface area (Å²) < 4.78 is 1.06. The quantitative estimate of drug-likeness (QED) is 0.746. The zero-order chi connectivity index (χ0) is 16.6. The molecule has 1 N–H and O–H groups in total. The fourth-order valence-corrected chi connectivity index (χ4v) is 3.76. The van der Waals surface area contributed by atoms with Crippen LogP contribution in [0.5, 0.6) is 0 Å². The van der Waals surface area contributed by atoms with Crippen molar-refractivity contribution in [1.29, 1.82) is 0 Å². The SMILES string of the molecule is Cc1cc2c(cc1Br)C(C1CCCCC1)=NN(C(C)C)C(=O)N2. The van der Waals surface area contributed by atoms with Crippen molar-refractivity contribution in [3.8, 4) is 0 Å². The molecule has 0 bridgehead atoms. The van der Waals surface area contributed by atoms with Gasteiger partial charge in [-0.3, -0.25) is 0 Å². The van der Waals surface area contributed by atoms with Gasteiger partial charge in [-0.25, -0.2) is 9.80 Å². The van der Waals surface area contributed by atoms with Crippen LogP contribution in [0.4, 0.5) is 10.5 Å². The van der Waals surface area contributed by atoms with Gasteiger partial charge in [0.2, 0.25) is 0 Å². The van der Waals surface area contributed by atoms with Gasteiger partial charge in [-0.2, -0.15) is 5.10 Å². The molecule has 1 fully saturated rings. The van der Waals surface area contributed by atoms with E-state index >= 15 is 0 Å². The van der Waals surface area contributed by atoms with Crippen LogP contribution in [-0.2, 0) is 0 Å². The highest BCUT2D eigenvalue weighted by Gasteiger charge is 2.30. The summed E-state index contributed by atoms with van der Waals surface area (Å²) in [7, 11) is 0. The van der Waals surface area contributed by atoms with E-state index in [1.807, 2.05) is 26.8 Å². The van der Waals surface area contributed by atoms with Gasteiger partial charge in [0.25, 0.3) is 0 Å². The maximum atomic E-state index is 12.5. The molecular weight excluding hydrogens is 354 g/mol. The van der Waals surface area contributed by atoms with Crippen molar-refractivity contribution >= 4 is 33.4 Å². The predicted molar refractivity (Wildman–Crippen MR) is 98.0 cm³/mol. The molecule has 1 heterocycles. The van der Waals surface area contributed by atoms with Crippen molar-refractivity contribution in [1.82, 2.24) is 5.01 Å². The van der Waals surface area contributed by atoms with Crippen LogP contribution >= 0.6 is 15.9 Å². The number of anilines is 1. The number of rotatable bonds is 2. The Morgan fingerprint density at radius 3 is 2.61 bits per heavy atom. The minimum absolute atomic E-state index is 0.0347. The van der Waals surface area contributed by atoms with Crippen molar-refractivity contribution in [2.75, 3.05) is 5.32 Å². The van der Waals surface area contributed by atoms with Gasteiger partial charge in [0.05, 0.1) is 17.4 Å². The Labute approximate surface area is 146 Å². The molecule has 3 rings (SSSR count). The third-order valence-corrected chi connectivity index (χ3v) is 5.58. The molecule has 0 unspecified atom stereocenters. The molecule has 1 saturated carbocycles. The minimum atomic E-state index is -0.145. The number of urea groups is 1. The fraction of sp³-hybridized carbons (Fsp3) is 0.556. The van der Waals surface area contributed by atoms with E-state index in [4.69, 9.17) is 5.10 Å². The van der Waals surface area contributed by atoms with Gasteiger partial charge in [0, 0.05) is 16.0 Å². The van der Waals surface area contributed by atoms with E-state index in [0.29, 0.717) is 5.92 Å². The van der Waals surface area contributed by atoms with Crippen LogP contribution in [0, 0.1) is 12.8 Å². The van der Waals surface area contributed by atoms with E-state index in [1.54, 1.807) is 5.01 Å². The van der Waals surface area contributed by atoms with Crippen LogP contribution in [-0.4, -0.2) is 22.8 Å². The van der Waals surface area contributed by atoms with Crippen LogP contribution in [0.25, 0.3) is 0 Å². The number of carbonyl (C=O) groups excluding carboxylic acids is 1. The standard InChI is InChI=1S/C18H24BrN3O/c1-11(2)22-18(23)20-16-9-12(3)15(19)10-14(16)17(21-22)13-7-5-4-6-8-13/h9-11,13H,4-8H2,1-3H3,(H,20,23). The van der Waals surface area contributed by atoms with Crippen LogP contribution in [0.1, 0.15) is 57.1 Å². The number of hydrogen-bond donors (Lipinski definition) is 1. The monoisotopic (exact) mass is 377 g/mol. The maximum absolute atomic E-state index is 12.5. The highest BCUT2D eigenvalue weighted by atomic mass is 79.9. The summed E-state index contributed by atoms with van der Waals surface area (Å²) in [6.45, 7) is 6.04. The van der Waals surface area contributed by atoms with E-state index < -0.39 is 0 Å². The predicted octanol–water partition coefficient (Wildman–Crippen LogP) is 5.30. The zero-order valence-electron chi connectivity index (χ0n) is 14.0. The molecule has 23 heavy (non-hydrogen) atoms. The molecule has 5 heteroatoms. The largest absolute Gasteiger partial charge is 0.342 e. The van der Waals surface area contributed by atoms with Crippen LogP contribution in [0.2, 0.25) is 0 Å². The van der Waals surface area contributed by atoms with Crippen molar-refractivity contribution in [2.45, 2.75) is 58.9 Å². The molecule has 1 aromatic carbocycles. The summed E-state index contributed by atoms with van der Waals surface area (Å²) in [6.07, 6.45) is 6.11. The molecule has 0 saturated heterocycles. The first kappa shape index (κ1) is 16.5. The van der Waals surface area contributed by atoms with Gasteiger partial charge in [-0.15, -0.1) is 0 Å². The summed E-state index contributed by atoms with van der Waals surface area (Å²) in [5, 5.41) is 9.44. The third kappa shape index (κ3) is 3.30. The van der Waals surface area contributed by atoms with Crippen LogP contribution in [0.15, 0.2) is 21.7 Å². The second-order valence-corrected chi connectivity index (χ2v) is 7.69. The normalized spacial score (nSPS) is 19.3. The topological polar surface area (TPSA) is 44.7 Å². The molecule has 4 nitrogen and oxygen atoms in total. The molecule has 1 aliphatic carbocycles. The molecule has 0 aromatic heterocycles. The van der Waals surface area contributed by atoms with Gasteiger partial charge in [0.1, 0.15) is 0 Å². The lowest BCUT2D eigenvalue weighted by molar-refractivity contribution is 0.200. The zero-order valence-corrected chi connectivity index (χ0v) is 15.6. The number of aryl methyl sites for hydroxylation is 1.